The highest BCUT2D eigenvalue weighted by Gasteiger charge is 2.52. The van der Waals surface area contributed by atoms with Crippen LogP contribution in [0.1, 0.15) is 40.2 Å². The van der Waals surface area contributed by atoms with Gasteiger partial charge in [0.1, 0.15) is 11.4 Å². The number of benzene rings is 3. The van der Waals surface area contributed by atoms with E-state index in [1.807, 2.05) is 24.3 Å². The first-order valence-corrected chi connectivity index (χ1v) is 10.5. The van der Waals surface area contributed by atoms with E-state index in [9.17, 15) is 4.79 Å². The number of methoxy groups -OCH3 is 2. The van der Waals surface area contributed by atoms with Crippen LogP contribution in [0.5, 0.6) is 5.75 Å². The van der Waals surface area contributed by atoms with Crippen molar-refractivity contribution in [2.24, 2.45) is 0 Å². The first-order chi connectivity index (χ1) is 15.0. The highest BCUT2D eigenvalue weighted by Crippen LogP contribution is 2.51. The van der Waals surface area contributed by atoms with Gasteiger partial charge >= 0.3 is 5.97 Å². The smallest absolute Gasteiger partial charge is 0.335 e. The van der Waals surface area contributed by atoms with E-state index < -0.39 is 11.7 Å². The van der Waals surface area contributed by atoms with Gasteiger partial charge in [-0.25, -0.2) is 4.79 Å². The van der Waals surface area contributed by atoms with Gasteiger partial charge in [0.15, 0.2) is 6.10 Å². The van der Waals surface area contributed by atoms with Gasteiger partial charge < -0.3 is 14.2 Å². The second-order valence-corrected chi connectivity index (χ2v) is 8.20. The van der Waals surface area contributed by atoms with E-state index in [-0.39, 0.29) is 11.9 Å². The van der Waals surface area contributed by atoms with E-state index in [0.717, 1.165) is 22.4 Å². The average molecular weight is 417 g/mol. The van der Waals surface area contributed by atoms with Crippen molar-refractivity contribution in [3.8, 4) is 5.75 Å². The number of ether oxygens (including phenoxy) is 3. The van der Waals surface area contributed by atoms with Crippen LogP contribution < -0.4 is 4.74 Å². The van der Waals surface area contributed by atoms with Crippen LogP contribution in [-0.4, -0.2) is 26.3 Å². The lowest BCUT2D eigenvalue weighted by atomic mass is 9.78. The second-order valence-electron chi connectivity index (χ2n) is 8.20. The summed E-state index contributed by atoms with van der Waals surface area (Å²) < 4.78 is 17.1. The average Bonchev–Trinajstić information content (AvgIpc) is 3.21. The van der Waals surface area contributed by atoms with Crippen LogP contribution in [0.2, 0.25) is 0 Å². The molecule has 0 aromatic heterocycles. The molecule has 1 aliphatic rings. The van der Waals surface area contributed by atoms with E-state index in [0.29, 0.717) is 6.42 Å². The van der Waals surface area contributed by atoms with Crippen molar-refractivity contribution in [3.05, 3.63) is 101 Å². The molecule has 4 nitrogen and oxygen atoms in total. The number of carbonyl (C=O) groups excluding carboxylic acids is 1. The Bertz CT molecular complexity index is 991. The van der Waals surface area contributed by atoms with Crippen molar-refractivity contribution in [2.75, 3.05) is 14.2 Å². The Labute approximate surface area is 183 Å². The molecule has 160 valence electrons. The van der Waals surface area contributed by atoms with E-state index in [1.54, 1.807) is 7.11 Å². The minimum absolute atomic E-state index is 0.152. The third-order valence-electron chi connectivity index (χ3n) is 6.21. The second kappa shape index (κ2) is 8.56. The minimum Gasteiger partial charge on any atom is -0.497 e. The van der Waals surface area contributed by atoms with E-state index in [4.69, 9.17) is 14.2 Å². The van der Waals surface area contributed by atoms with Gasteiger partial charge in [0.2, 0.25) is 0 Å². The summed E-state index contributed by atoms with van der Waals surface area (Å²) in [6.07, 6.45) is -0.0772. The third-order valence-corrected chi connectivity index (χ3v) is 6.21. The summed E-state index contributed by atoms with van der Waals surface area (Å²) in [4.78, 5) is 12.8. The van der Waals surface area contributed by atoms with Gasteiger partial charge in [0.05, 0.1) is 14.2 Å². The zero-order chi connectivity index (χ0) is 22.0. The lowest BCUT2D eigenvalue weighted by molar-refractivity contribution is -0.157. The maximum atomic E-state index is 12.8. The molecule has 0 N–H and O–H groups in total. The Kier molecular flexibility index (Phi) is 5.84. The largest absolute Gasteiger partial charge is 0.497 e. The number of hydrogen-bond donors (Lipinski definition) is 0. The van der Waals surface area contributed by atoms with Crippen LogP contribution in [0.15, 0.2) is 72.8 Å². The number of aryl methyl sites for hydroxylation is 2. The highest BCUT2D eigenvalue weighted by atomic mass is 16.6. The molecular weight excluding hydrogens is 388 g/mol. The Morgan fingerprint density at radius 2 is 1.35 bits per heavy atom. The normalized spacial score (nSPS) is 19.7. The fraction of sp³-hybridized carbons (Fsp3) is 0.296. The van der Waals surface area contributed by atoms with Crippen molar-refractivity contribution in [1.82, 2.24) is 0 Å². The van der Waals surface area contributed by atoms with Crippen LogP contribution in [0.25, 0.3) is 0 Å². The van der Waals surface area contributed by atoms with Gasteiger partial charge in [0, 0.05) is 5.92 Å². The molecule has 0 aliphatic carbocycles. The summed E-state index contributed by atoms with van der Waals surface area (Å²) in [5, 5.41) is 0. The highest BCUT2D eigenvalue weighted by molar-refractivity contribution is 5.77. The van der Waals surface area contributed by atoms with E-state index >= 15 is 0 Å². The van der Waals surface area contributed by atoms with Crippen LogP contribution in [0.4, 0.5) is 0 Å². The van der Waals surface area contributed by atoms with Crippen molar-refractivity contribution in [2.45, 2.75) is 37.9 Å². The van der Waals surface area contributed by atoms with Gasteiger partial charge in [-0.2, -0.15) is 0 Å². The lowest BCUT2D eigenvalue weighted by Crippen LogP contribution is -2.31. The van der Waals surface area contributed by atoms with E-state index in [2.05, 4.69) is 62.4 Å². The third kappa shape index (κ3) is 3.96. The zero-order valence-corrected chi connectivity index (χ0v) is 18.4. The monoisotopic (exact) mass is 416 g/mol. The molecule has 1 heterocycles. The molecule has 0 bridgehead atoms. The van der Waals surface area contributed by atoms with Gasteiger partial charge in [0.25, 0.3) is 0 Å². The molecule has 0 saturated carbocycles. The number of carbonyl (C=O) groups is 1. The summed E-state index contributed by atoms with van der Waals surface area (Å²) in [6.45, 7) is 4.13. The Morgan fingerprint density at radius 1 is 0.839 bits per heavy atom. The molecule has 4 heteroatoms. The van der Waals surface area contributed by atoms with Gasteiger partial charge in [-0.15, -0.1) is 0 Å². The molecule has 31 heavy (non-hydrogen) atoms. The van der Waals surface area contributed by atoms with Crippen LogP contribution in [-0.2, 0) is 19.9 Å². The molecule has 4 rings (SSSR count). The minimum atomic E-state index is -0.745. The fourth-order valence-electron chi connectivity index (χ4n) is 4.42. The van der Waals surface area contributed by atoms with Gasteiger partial charge in [-0.3, -0.25) is 0 Å². The Morgan fingerprint density at radius 3 is 1.81 bits per heavy atom. The molecule has 3 aromatic rings. The molecule has 2 atom stereocenters. The van der Waals surface area contributed by atoms with Gasteiger partial charge in [-0.1, -0.05) is 71.8 Å². The standard InChI is InChI=1S/C27H28O4/c1-18-5-11-21(12-6-18)27(22-13-7-19(2)8-14-22)17-24(25(31-27)26(28)30-4)20-9-15-23(29-3)16-10-20/h5-16,24-25H,17H2,1-4H3/t24-,25-/m1/s1. The first kappa shape index (κ1) is 21.1. The van der Waals surface area contributed by atoms with Crippen molar-refractivity contribution in [1.29, 1.82) is 0 Å². The topological polar surface area (TPSA) is 44.8 Å². The fourth-order valence-corrected chi connectivity index (χ4v) is 4.42. The molecule has 3 aromatic carbocycles. The van der Waals surface area contributed by atoms with Crippen LogP contribution >= 0.6 is 0 Å². The summed E-state index contributed by atoms with van der Waals surface area (Å²) >= 11 is 0. The predicted molar refractivity (Wildman–Crippen MR) is 120 cm³/mol. The molecule has 1 aliphatic heterocycles. The predicted octanol–water partition coefficient (Wildman–Crippen LogP) is 5.30. The van der Waals surface area contributed by atoms with Crippen molar-refractivity contribution < 1.29 is 19.0 Å². The first-order valence-electron chi connectivity index (χ1n) is 10.5. The van der Waals surface area contributed by atoms with Crippen LogP contribution in [0.3, 0.4) is 0 Å². The molecule has 1 fully saturated rings. The zero-order valence-electron chi connectivity index (χ0n) is 18.4. The van der Waals surface area contributed by atoms with Crippen molar-refractivity contribution >= 4 is 5.97 Å². The van der Waals surface area contributed by atoms with E-state index in [1.165, 1.54) is 18.2 Å². The number of hydrogen-bond acceptors (Lipinski definition) is 4. The molecule has 0 amide bonds. The maximum absolute atomic E-state index is 12.8. The molecule has 0 spiro atoms. The summed E-state index contributed by atoms with van der Waals surface area (Å²) in [6, 6.07) is 24.6. The molecular formula is C27H28O4. The Balaban J connectivity index is 1.85. The lowest BCUT2D eigenvalue weighted by Gasteiger charge is -2.31. The molecule has 1 saturated heterocycles. The summed E-state index contributed by atoms with van der Waals surface area (Å²) in [5.74, 6) is 0.267. The quantitative estimate of drug-likeness (QED) is 0.530. The van der Waals surface area contributed by atoms with Crippen LogP contribution in [0, 0.1) is 13.8 Å². The van der Waals surface area contributed by atoms with Crippen molar-refractivity contribution in [3.63, 3.8) is 0 Å². The number of esters is 1. The summed E-state index contributed by atoms with van der Waals surface area (Å²) in [7, 11) is 3.05. The summed E-state index contributed by atoms with van der Waals surface area (Å²) in [5.41, 5.74) is 4.70. The Hall–Kier alpha value is -3.11. The van der Waals surface area contributed by atoms with Gasteiger partial charge in [-0.05, 0) is 49.1 Å². The SMILES string of the molecule is COC(=O)[C@@H]1OC(c2ccc(C)cc2)(c2ccc(C)cc2)C[C@@H]1c1ccc(OC)cc1. The molecule has 0 radical (unpaired) electrons. The maximum Gasteiger partial charge on any atom is 0.335 e. The number of rotatable bonds is 5. The molecule has 0 unspecified atom stereocenters.